The van der Waals surface area contributed by atoms with E-state index in [9.17, 15) is 0 Å². The summed E-state index contributed by atoms with van der Waals surface area (Å²) in [5.74, 6) is 0.655. The van der Waals surface area contributed by atoms with Gasteiger partial charge in [0.1, 0.15) is 12.4 Å². The molecule has 4 nitrogen and oxygen atoms in total. The smallest absolute Gasteiger partial charge is 0.138 e. The third kappa shape index (κ3) is 3.59. The first kappa shape index (κ1) is 16.3. The van der Waals surface area contributed by atoms with Crippen LogP contribution in [0.4, 0.5) is 0 Å². The number of nitrogens with zero attached hydrogens (tertiary/aromatic N) is 2. The van der Waals surface area contributed by atoms with E-state index in [-0.39, 0.29) is 0 Å². The van der Waals surface area contributed by atoms with Crippen molar-refractivity contribution in [3.63, 3.8) is 0 Å². The Bertz CT molecular complexity index is 628. The molecule has 0 aliphatic carbocycles. The lowest BCUT2D eigenvalue weighted by Crippen LogP contribution is -2.07. The molecule has 2 aromatic rings. The Morgan fingerprint density at radius 1 is 1.38 bits per heavy atom. The van der Waals surface area contributed by atoms with Gasteiger partial charge in [0.25, 0.3) is 0 Å². The molecule has 114 valence electrons. The average molecular weight is 373 g/mol. The molecule has 0 saturated carbocycles. The molecule has 0 unspecified atom stereocenters. The lowest BCUT2D eigenvalue weighted by molar-refractivity contribution is 0.292. The van der Waals surface area contributed by atoms with E-state index in [2.05, 4.69) is 34.9 Å². The normalized spacial score (nSPS) is 10.9. The highest BCUT2D eigenvalue weighted by atomic mass is 79.9. The largest absolute Gasteiger partial charge is 0.486 e. The van der Waals surface area contributed by atoms with Crippen LogP contribution in [0.5, 0.6) is 5.75 Å². The van der Waals surface area contributed by atoms with Gasteiger partial charge in [0, 0.05) is 13.1 Å². The summed E-state index contributed by atoms with van der Waals surface area (Å²) in [6.45, 7) is 5.83. The Labute approximate surface area is 138 Å². The highest BCUT2D eigenvalue weighted by Crippen LogP contribution is 2.28. The fourth-order valence-electron chi connectivity index (χ4n) is 2.09. The highest BCUT2D eigenvalue weighted by Gasteiger charge is 2.15. The number of halogens is 2. The maximum Gasteiger partial charge on any atom is 0.138 e. The Morgan fingerprint density at radius 2 is 2.14 bits per heavy atom. The summed E-state index contributed by atoms with van der Waals surface area (Å²) in [7, 11) is 0. The Kier molecular flexibility index (Phi) is 5.67. The second-order valence-electron chi connectivity index (χ2n) is 4.63. The van der Waals surface area contributed by atoms with Crippen molar-refractivity contribution >= 4 is 27.5 Å². The summed E-state index contributed by atoms with van der Waals surface area (Å²) in [6, 6.07) is 5.61. The van der Waals surface area contributed by atoms with Gasteiger partial charge in [0.05, 0.1) is 20.9 Å². The molecule has 0 aliphatic rings. The van der Waals surface area contributed by atoms with Gasteiger partial charge in [-0.2, -0.15) is 5.10 Å². The van der Waals surface area contributed by atoms with Crippen LogP contribution in [0.1, 0.15) is 30.8 Å². The third-order valence-electron chi connectivity index (χ3n) is 3.29. The standard InChI is InChI=1S/C15H19BrClN3O/c1-3-12-15(16)13(20(4-2)19-12)9-21-14-6-5-10(8-18)7-11(14)17/h5-7H,3-4,8-9,18H2,1-2H3. The molecular weight excluding hydrogens is 354 g/mol. The molecule has 0 spiro atoms. The zero-order valence-electron chi connectivity index (χ0n) is 12.2. The van der Waals surface area contributed by atoms with Crippen LogP contribution in [-0.4, -0.2) is 9.78 Å². The van der Waals surface area contributed by atoms with Crippen molar-refractivity contribution in [2.24, 2.45) is 5.73 Å². The predicted molar refractivity (Wildman–Crippen MR) is 88.7 cm³/mol. The molecule has 1 aromatic heterocycles. The zero-order chi connectivity index (χ0) is 15.4. The predicted octanol–water partition coefficient (Wildman–Crippen LogP) is 3.92. The molecule has 0 saturated heterocycles. The first-order valence-corrected chi connectivity index (χ1v) is 8.13. The fraction of sp³-hybridized carbons (Fsp3) is 0.400. The summed E-state index contributed by atoms with van der Waals surface area (Å²) >= 11 is 9.81. The maximum absolute atomic E-state index is 6.21. The number of nitrogens with two attached hydrogens (primary N) is 1. The van der Waals surface area contributed by atoms with Gasteiger partial charge >= 0.3 is 0 Å². The molecule has 2 N–H and O–H groups in total. The third-order valence-corrected chi connectivity index (χ3v) is 4.50. The Balaban J connectivity index is 2.18. The van der Waals surface area contributed by atoms with Gasteiger partial charge in [-0.25, -0.2) is 0 Å². The van der Waals surface area contributed by atoms with Crippen molar-refractivity contribution in [2.45, 2.75) is 40.0 Å². The van der Waals surface area contributed by atoms with Crippen LogP contribution in [0.2, 0.25) is 5.02 Å². The van der Waals surface area contributed by atoms with Crippen LogP contribution in [0, 0.1) is 0 Å². The summed E-state index contributed by atoms with van der Waals surface area (Å²) in [6.07, 6.45) is 0.881. The molecule has 0 fully saturated rings. The van der Waals surface area contributed by atoms with Crippen LogP contribution < -0.4 is 10.5 Å². The van der Waals surface area contributed by atoms with Gasteiger partial charge in [-0.1, -0.05) is 24.6 Å². The minimum absolute atomic E-state index is 0.420. The zero-order valence-corrected chi connectivity index (χ0v) is 14.5. The quantitative estimate of drug-likeness (QED) is 0.836. The van der Waals surface area contributed by atoms with Crippen molar-refractivity contribution in [1.29, 1.82) is 0 Å². The van der Waals surface area contributed by atoms with Gasteiger partial charge < -0.3 is 10.5 Å². The Hall–Kier alpha value is -1.04. The monoisotopic (exact) mass is 371 g/mol. The van der Waals surface area contributed by atoms with Crippen molar-refractivity contribution < 1.29 is 4.74 Å². The van der Waals surface area contributed by atoms with E-state index in [1.807, 2.05) is 22.9 Å². The van der Waals surface area contributed by atoms with E-state index >= 15 is 0 Å². The van der Waals surface area contributed by atoms with Crippen LogP contribution in [-0.2, 0) is 26.1 Å². The van der Waals surface area contributed by atoms with Crippen molar-refractivity contribution in [3.05, 3.63) is 44.6 Å². The van der Waals surface area contributed by atoms with Crippen LogP contribution in [0.15, 0.2) is 22.7 Å². The topological polar surface area (TPSA) is 53.1 Å². The summed E-state index contributed by atoms with van der Waals surface area (Å²) in [4.78, 5) is 0. The number of aromatic nitrogens is 2. The molecule has 2 rings (SSSR count). The number of hydrogen-bond donors (Lipinski definition) is 1. The van der Waals surface area contributed by atoms with Gasteiger partial charge in [-0.05, 0) is 47.0 Å². The molecule has 1 heterocycles. The highest BCUT2D eigenvalue weighted by molar-refractivity contribution is 9.10. The minimum Gasteiger partial charge on any atom is -0.486 e. The number of rotatable bonds is 6. The van der Waals surface area contributed by atoms with Crippen molar-refractivity contribution in [3.8, 4) is 5.75 Å². The SMILES string of the molecule is CCc1nn(CC)c(COc2ccc(CN)cc2Cl)c1Br. The van der Waals surface area contributed by atoms with Crippen molar-refractivity contribution in [2.75, 3.05) is 0 Å². The van der Waals surface area contributed by atoms with Gasteiger partial charge in [-0.15, -0.1) is 0 Å². The van der Waals surface area contributed by atoms with E-state index < -0.39 is 0 Å². The van der Waals surface area contributed by atoms with E-state index in [0.29, 0.717) is 23.9 Å². The van der Waals surface area contributed by atoms with Crippen LogP contribution in [0.3, 0.4) is 0 Å². The van der Waals surface area contributed by atoms with E-state index in [1.165, 1.54) is 0 Å². The molecule has 0 aliphatic heterocycles. The Morgan fingerprint density at radius 3 is 2.71 bits per heavy atom. The molecule has 1 aromatic carbocycles. The lowest BCUT2D eigenvalue weighted by atomic mass is 10.2. The summed E-state index contributed by atoms with van der Waals surface area (Å²) < 4.78 is 8.80. The average Bonchev–Trinajstić information content (AvgIpc) is 2.81. The van der Waals surface area contributed by atoms with E-state index in [4.69, 9.17) is 22.1 Å². The van der Waals surface area contributed by atoms with Crippen LogP contribution >= 0.6 is 27.5 Å². The van der Waals surface area contributed by atoms with Crippen molar-refractivity contribution in [1.82, 2.24) is 9.78 Å². The van der Waals surface area contributed by atoms with Gasteiger partial charge in [0.15, 0.2) is 0 Å². The number of ether oxygens (including phenoxy) is 1. The number of benzene rings is 1. The van der Waals surface area contributed by atoms with E-state index in [0.717, 1.165) is 34.4 Å². The van der Waals surface area contributed by atoms with Gasteiger partial charge in [0.2, 0.25) is 0 Å². The number of aryl methyl sites for hydroxylation is 2. The molecule has 6 heteroatoms. The molecular formula is C15H19BrClN3O. The second kappa shape index (κ2) is 7.29. The molecule has 0 amide bonds. The minimum atomic E-state index is 0.420. The first-order chi connectivity index (χ1) is 10.1. The van der Waals surface area contributed by atoms with E-state index in [1.54, 1.807) is 0 Å². The lowest BCUT2D eigenvalue weighted by Gasteiger charge is -2.10. The molecule has 0 bridgehead atoms. The molecule has 0 radical (unpaired) electrons. The van der Waals surface area contributed by atoms with Crippen LogP contribution in [0.25, 0.3) is 0 Å². The summed E-state index contributed by atoms with van der Waals surface area (Å²) in [5.41, 5.74) is 8.64. The number of hydrogen-bond acceptors (Lipinski definition) is 3. The maximum atomic E-state index is 6.21. The molecule has 0 atom stereocenters. The fourth-order valence-corrected chi connectivity index (χ4v) is 3.03. The van der Waals surface area contributed by atoms with Gasteiger partial charge in [-0.3, -0.25) is 4.68 Å². The second-order valence-corrected chi connectivity index (χ2v) is 5.83. The molecule has 21 heavy (non-hydrogen) atoms. The first-order valence-electron chi connectivity index (χ1n) is 6.96. The summed E-state index contributed by atoms with van der Waals surface area (Å²) in [5, 5.41) is 5.13.